The van der Waals surface area contributed by atoms with Gasteiger partial charge in [0.2, 0.25) is 0 Å². The van der Waals surface area contributed by atoms with E-state index in [9.17, 15) is 4.79 Å². The number of hydrogen-bond donors (Lipinski definition) is 1. The summed E-state index contributed by atoms with van der Waals surface area (Å²) < 4.78 is 9.24. The fourth-order valence-electron chi connectivity index (χ4n) is 1.99. The molecule has 5 nitrogen and oxygen atoms in total. The number of aromatic nitrogens is 2. The summed E-state index contributed by atoms with van der Waals surface area (Å²) in [5.41, 5.74) is 1.02. The summed E-state index contributed by atoms with van der Waals surface area (Å²) in [6, 6.07) is 7.76. The van der Waals surface area contributed by atoms with Crippen LogP contribution in [-0.4, -0.2) is 22.1 Å². The number of ether oxygens (including phenoxy) is 1. The smallest absolute Gasteiger partial charge is 0.265 e. The lowest BCUT2D eigenvalue weighted by atomic mass is 10.0. The van der Waals surface area contributed by atoms with Crippen molar-refractivity contribution in [1.82, 2.24) is 14.9 Å². The van der Waals surface area contributed by atoms with E-state index in [1.54, 1.807) is 0 Å². The van der Waals surface area contributed by atoms with E-state index in [0.29, 0.717) is 11.5 Å². The fourth-order valence-corrected chi connectivity index (χ4v) is 2.41. The number of carbonyl (C=O) groups excluding carboxylic acids is 1. The Morgan fingerprint density at radius 3 is 3.17 bits per heavy atom. The van der Waals surface area contributed by atoms with Crippen molar-refractivity contribution >= 4 is 17.4 Å². The molecular weight excluding hydrogens is 250 g/mol. The SMILES string of the molecule is O=C(N[C@@H]1CCOc2ccccc21)c1cnns1. The molecule has 0 spiro atoms. The maximum atomic E-state index is 12.0. The van der Waals surface area contributed by atoms with E-state index in [1.165, 1.54) is 6.20 Å². The highest BCUT2D eigenvalue weighted by atomic mass is 32.1. The first-order chi connectivity index (χ1) is 8.84. The van der Waals surface area contributed by atoms with E-state index in [1.807, 2.05) is 24.3 Å². The van der Waals surface area contributed by atoms with Gasteiger partial charge in [-0.15, -0.1) is 5.10 Å². The fraction of sp³-hybridized carbons (Fsp3) is 0.250. The molecule has 0 fully saturated rings. The summed E-state index contributed by atoms with van der Waals surface area (Å²) in [6.07, 6.45) is 2.25. The molecule has 1 aliphatic heterocycles. The number of para-hydroxylation sites is 1. The van der Waals surface area contributed by atoms with Gasteiger partial charge in [0.05, 0.1) is 18.8 Å². The predicted octanol–water partition coefficient (Wildman–Crippen LogP) is 1.79. The molecule has 2 aromatic rings. The Bertz CT molecular complexity index is 556. The summed E-state index contributed by atoms with van der Waals surface area (Å²) in [5.74, 6) is 0.711. The van der Waals surface area contributed by atoms with Crippen molar-refractivity contribution in [2.45, 2.75) is 12.5 Å². The highest BCUT2D eigenvalue weighted by molar-refractivity contribution is 7.07. The minimum absolute atomic E-state index is 0.00968. The molecule has 1 aromatic carbocycles. The zero-order valence-corrected chi connectivity index (χ0v) is 10.3. The lowest BCUT2D eigenvalue weighted by molar-refractivity contribution is 0.0928. The largest absolute Gasteiger partial charge is 0.493 e. The normalized spacial score (nSPS) is 17.7. The van der Waals surface area contributed by atoms with Crippen molar-refractivity contribution in [2.24, 2.45) is 0 Å². The summed E-state index contributed by atoms with van der Waals surface area (Å²) in [6.45, 7) is 0.614. The molecule has 0 saturated heterocycles. The quantitative estimate of drug-likeness (QED) is 0.895. The van der Waals surface area contributed by atoms with E-state index in [-0.39, 0.29) is 11.9 Å². The first-order valence-electron chi connectivity index (χ1n) is 5.64. The van der Waals surface area contributed by atoms with Gasteiger partial charge in [-0.1, -0.05) is 22.7 Å². The second-order valence-corrected chi connectivity index (χ2v) is 4.77. The zero-order valence-electron chi connectivity index (χ0n) is 9.50. The van der Waals surface area contributed by atoms with Crippen LogP contribution in [0.2, 0.25) is 0 Å². The molecule has 0 unspecified atom stereocenters. The third-order valence-corrected chi connectivity index (χ3v) is 3.51. The molecule has 92 valence electrons. The van der Waals surface area contributed by atoms with Gasteiger partial charge in [-0.25, -0.2) is 0 Å². The summed E-state index contributed by atoms with van der Waals surface area (Å²) >= 11 is 1.10. The van der Waals surface area contributed by atoms with Gasteiger partial charge >= 0.3 is 0 Å². The van der Waals surface area contributed by atoms with Crippen LogP contribution in [0.4, 0.5) is 0 Å². The van der Waals surface area contributed by atoms with Crippen molar-refractivity contribution in [1.29, 1.82) is 0 Å². The van der Waals surface area contributed by atoms with Gasteiger partial charge in [0, 0.05) is 12.0 Å². The van der Waals surface area contributed by atoms with E-state index in [0.717, 1.165) is 29.3 Å². The number of benzene rings is 1. The molecule has 18 heavy (non-hydrogen) atoms. The molecule has 0 aliphatic carbocycles. The highest BCUT2D eigenvalue weighted by Gasteiger charge is 2.23. The maximum absolute atomic E-state index is 12.0. The van der Waals surface area contributed by atoms with E-state index >= 15 is 0 Å². The van der Waals surface area contributed by atoms with Gasteiger partial charge in [0.15, 0.2) is 0 Å². The number of nitrogens with zero attached hydrogens (tertiary/aromatic N) is 2. The summed E-state index contributed by atoms with van der Waals surface area (Å²) in [5, 5.41) is 6.65. The van der Waals surface area contributed by atoms with Crippen molar-refractivity contribution in [2.75, 3.05) is 6.61 Å². The molecule has 1 aliphatic rings. The number of carbonyl (C=O) groups is 1. The Balaban J connectivity index is 1.80. The molecule has 0 saturated carbocycles. The van der Waals surface area contributed by atoms with Crippen molar-refractivity contribution in [3.8, 4) is 5.75 Å². The van der Waals surface area contributed by atoms with E-state index < -0.39 is 0 Å². The van der Waals surface area contributed by atoms with Gasteiger partial charge in [-0.2, -0.15) is 0 Å². The second kappa shape index (κ2) is 4.73. The van der Waals surface area contributed by atoms with Crippen LogP contribution in [0.5, 0.6) is 5.75 Å². The van der Waals surface area contributed by atoms with Crippen LogP contribution in [0.25, 0.3) is 0 Å². The zero-order chi connectivity index (χ0) is 12.4. The number of hydrogen-bond acceptors (Lipinski definition) is 5. The Kier molecular flexibility index (Phi) is 2.93. The van der Waals surface area contributed by atoms with Crippen molar-refractivity contribution < 1.29 is 9.53 Å². The van der Waals surface area contributed by atoms with Gasteiger partial charge in [-0.05, 0) is 17.6 Å². The first kappa shape index (κ1) is 11.2. The summed E-state index contributed by atoms with van der Waals surface area (Å²) in [7, 11) is 0. The van der Waals surface area contributed by atoms with Crippen LogP contribution in [0.3, 0.4) is 0 Å². The molecule has 0 radical (unpaired) electrons. The van der Waals surface area contributed by atoms with Crippen LogP contribution < -0.4 is 10.1 Å². The van der Waals surface area contributed by atoms with Crippen LogP contribution in [0.1, 0.15) is 27.7 Å². The Morgan fingerprint density at radius 1 is 1.44 bits per heavy atom. The number of rotatable bonds is 2. The van der Waals surface area contributed by atoms with Crippen LogP contribution >= 0.6 is 11.5 Å². The average molecular weight is 261 g/mol. The monoisotopic (exact) mass is 261 g/mol. The average Bonchev–Trinajstić information content (AvgIpc) is 2.93. The lowest BCUT2D eigenvalue weighted by Crippen LogP contribution is -2.31. The van der Waals surface area contributed by atoms with Crippen LogP contribution in [0, 0.1) is 0 Å². The standard InChI is InChI=1S/C12H11N3O2S/c16-12(11-7-13-15-18-11)14-9-5-6-17-10-4-2-1-3-8(9)10/h1-4,7,9H,5-6H2,(H,14,16)/t9-/m1/s1. The molecule has 1 atom stereocenters. The van der Waals surface area contributed by atoms with E-state index in [4.69, 9.17) is 4.74 Å². The van der Waals surface area contributed by atoms with Gasteiger partial charge < -0.3 is 10.1 Å². The topological polar surface area (TPSA) is 64.1 Å². The Labute approximate surface area is 108 Å². The third kappa shape index (κ3) is 2.06. The van der Waals surface area contributed by atoms with Crippen molar-refractivity contribution in [3.63, 3.8) is 0 Å². The number of nitrogens with one attached hydrogen (secondary N) is 1. The molecular formula is C12H11N3O2S. The maximum Gasteiger partial charge on any atom is 0.265 e. The van der Waals surface area contributed by atoms with Crippen molar-refractivity contribution in [3.05, 3.63) is 40.9 Å². The number of amides is 1. The highest BCUT2D eigenvalue weighted by Crippen LogP contribution is 2.31. The Hall–Kier alpha value is -1.95. The van der Waals surface area contributed by atoms with Gasteiger partial charge in [0.25, 0.3) is 5.91 Å². The lowest BCUT2D eigenvalue weighted by Gasteiger charge is -2.26. The van der Waals surface area contributed by atoms with Crippen LogP contribution in [0.15, 0.2) is 30.5 Å². The van der Waals surface area contributed by atoms with Crippen LogP contribution in [-0.2, 0) is 0 Å². The minimum Gasteiger partial charge on any atom is -0.493 e. The Morgan fingerprint density at radius 2 is 2.33 bits per heavy atom. The molecule has 3 rings (SSSR count). The number of fused-ring (bicyclic) bond motifs is 1. The molecule has 6 heteroatoms. The van der Waals surface area contributed by atoms with Gasteiger partial charge in [-0.3, -0.25) is 4.79 Å². The molecule has 1 amide bonds. The summed E-state index contributed by atoms with van der Waals surface area (Å²) in [4.78, 5) is 12.5. The molecule has 1 aromatic heterocycles. The van der Waals surface area contributed by atoms with Gasteiger partial charge in [0.1, 0.15) is 10.6 Å². The first-order valence-corrected chi connectivity index (χ1v) is 6.42. The molecule has 2 heterocycles. The molecule has 0 bridgehead atoms. The van der Waals surface area contributed by atoms with E-state index in [2.05, 4.69) is 14.9 Å². The molecule has 1 N–H and O–H groups in total. The third-order valence-electron chi connectivity index (χ3n) is 2.85. The minimum atomic E-state index is -0.133. The second-order valence-electron chi connectivity index (χ2n) is 3.98. The predicted molar refractivity (Wildman–Crippen MR) is 66.7 cm³/mol.